The average Bonchev–Trinajstić information content (AvgIpc) is 2.93. The molecule has 0 spiro atoms. The smallest absolute Gasteiger partial charge is 0.321 e. The fraction of sp³-hybridized carbons (Fsp3) is 0.700. The van der Waals surface area contributed by atoms with Crippen molar-refractivity contribution < 1.29 is 53.0 Å². The number of imide groups is 1. The van der Waals surface area contributed by atoms with Gasteiger partial charge in [0.1, 0.15) is 24.0 Å². The molecule has 248 valence electrons. The monoisotopic (exact) mass is 642 g/mol. The maximum atomic E-state index is 13.1. The number of piperidine rings is 1. The van der Waals surface area contributed by atoms with Gasteiger partial charge < -0.3 is 30.5 Å². The Morgan fingerprint density at radius 2 is 1.86 bits per heavy atom. The number of ketones is 1. The van der Waals surface area contributed by atoms with Gasteiger partial charge in [0.25, 0.3) is 0 Å². The number of aliphatic hydroxyl groups excluding tert-OH is 2. The van der Waals surface area contributed by atoms with Gasteiger partial charge >= 0.3 is 11.9 Å². The summed E-state index contributed by atoms with van der Waals surface area (Å²) in [4.78, 5) is 60.6. The first-order valence-electron chi connectivity index (χ1n) is 14.8. The number of methoxy groups -OCH3 is 1. The van der Waals surface area contributed by atoms with Crippen LogP contribution >= 0.6 is 0 Å². The molecule has 2 aliphatic heterocycles. The van der Waals surface area contributed by atoms with Crippen LogP contribution in [0, 0.1) is 17.8 Å². The van der Waals surface area contributed by atoms with Crippen LogP contribution in [0.5, 0.6) is 0 Å². The van der Waals surface area contributed by atoms with E-state index in [2.05, 4.69) is 5.32 Å². The first-order valence-corrected chi connectivity index (χ1v) is 16.1. The van der Waals surface area contributed by atoms with E-state index in [9.17, 15) is 38.4 Å². The van der Waals surface area contributed by atoms with Crippen molar-refractivity contribution in [1.29, 1.82) is 0 Å². The topological polar surface area (TPSA) is 220 Å². The van der Waals surface area contributed by atoms with Crippen molar-refractivity contribution in [2.24, 2.45) is 23.5 Å². The number of carboxylic acids is 1. The lowest BCUT2D eigenvalue weighted by Gasteiger charge is -2.32. The second-order valence-electron chi connectivity index (χ2n) is 11.8. The number of cyclic esters (lactones) is 1. The molecule has 2 heterocycles. The molecule has 14 heteroatoms. The number of carbonyl (C=O) groups is 5. The van der Waals surface area contributed by atoms with Gasteiger partial charge in [0.05, 0.1) is 18.6 Å². The molecular formula is C30H46N2O11S. The number of Topliss-reactive ketones (excluding diaryl/α,β-unsaturated/α-hetero) is 1. The minimum Gasteiger partial charge on any atom is -0.480 e. The molecule has 6 N–H and O–H groups in total. The Hall–Kier alpha value is -2.78. The maximum Gasteiger partial charge on any atom is 0.321 e. The van der Waals surface area contributed by atoms with Crippen molar-refractivity contribution in [3.63, 3.8) is 0 Å². The molecular weight excluding hydrogens is 596 g/mol. The second-order valence-corrected chi connectivity index (χ2v) is 13.6. The first-order chi connectivity index (χ1) is 20.6. The third-order valence-electron chi connectivity index (χ3n) is 8.03. The van der Waals surface area contributed by atoms with E-state index in [1.807, 2.05) is 0 Å². The molecule has 0 aromatic heterocycles. The Morgan fingerprint density at radius 1 is 1.23 bits per heavy atom. The van der Waals surface area contributed by atoms with E-state index >= 15 is 0 Å². The highest BCUT2D eigenvalue weighted by Crippen LogP contribution is 2.27. The zero-order chi connectivity index (χ0) is 33.1. The summed E-state index contributed by atoms with van der Waals surface area (Å²) in [5.74, 6) is -5.22. The van der Waals surface area contributed by atoms with E-state index in [4.69, 9.17) is 20.3 Å². The summed E-state index contributed by atoms with van der Waals surface area (Å²) < 4.78 is 24.2. The Balaban J connectivity index is 2.22. The van der Waals surface area contributed by atoms with Crippen LogP contribution in [0.4, 0.5) is 0 Å². The Morgan fingerprint density at radius 3 is 2.45 bits per heavy atom. The summed E-state index contributed by atoms with van der Waals surface area (Å²) in [5, 5.41) is 32.2. The third kappa shape index (κ3) is 11.6. The summed E-state index contributed by atoms with van der Waals surface area (Å²) >= 11 is 0. The van der Waals surface area contributed by atoms with E-state index in [0.717, 1.165) is 0 Å². The number of ether oxygens (including phenoxy) is 2. The molecule has 0 bridgehead atoms. The van der Waals surface area contributed by atoms with Crippen LogP contribution in [0.25, 0.3) is 0 Å². The molecule has 1 saturated heterocycles. The number of allylic oxidation sites excluding steroid dienone is 2. The van der Waals surface area contributed by atoms with Gasteiger partial charge in [0, 0.05) is 60.0 Å². The number of hydrogen-bond donors (Lipinski definition) is 5. The summed E-state index contributed by atoms with van der Waals surface area (Å²) in [7, 11) is -0.318. The maximum absolute atomic E-state index is 13.1. The SMILES string of the molecule is COC1/C=C/CCC(S(=O)CC(N)C(=O)O)CC(=O)OC(/C(C)=C/C(C)C(=O)CC(O)CC2CC(=O)NC(=O)C2)C(C)C1O. The standard InChI is InChI=1S/C30H46N2O11S/c1-16(23(34)13-20(33)10-19-11-25(35)32-26(36)12-19)9-17(2)29-18(3)28(38)24(42-4)8-6-5-7-21(14-27(37)43-29)44(41)15-22(31)30(39)40/h6,8-9,16,18-22,24,28-29,33,38H,5,7,10-15,31H2,1-4H3,(H,39,40)(H,32,35,36)/b8-6+,17-9+. The molecule has 13 nitrogen and oxygen atoms in total. The highest BCUT2D eigenvalue weighted by atomic mass is 32.2. The first kappa shape index (κ1) is 37.4. The highest BCUT2D eigenvalue weighted by Gasteiger charge is 2.35. The minimum atomic E-state index is -1.74. The quantitative estimate of drug-likeness (QED) is 0.112. The number of rotatable bonds is 12. The van der Waals surface area contributed by atoms with E-state index < -0.39 is 82.1 Å². The van der Waals surface area contributed by atoms with E-state index in [-0.39, 0.29) is 56.0 Å². The fourth-order valence-corrected chi connectivity index (χ4v) is 7.00. The van der Waals surface area contributed by atoms with E-state index in [0.29, 0.717) is 12.0 Å². The van der Waals surface area contributed by atoms with Crippen molar-refractivity contribution in [3.05, 3.63) is 23.8 Å². The van der Waals surface area contributed by atoms with E-state index in [1.54, 1.807) is 39.0 Å². The molecule has 0 saturated carbocycles. The van der Waals surface area contributed by atoms with Crippen LogP contribution in [-0.4, -0.2) is 97.6 Å². The number of carbonyl (C=O) groups excluding carboxylic acids is 4. The summed E-state index contributed by atoms with van der Waals surface area (Å²) in [6.07, 6.45) is 1.61. The van der Waals surface area contributed by atoms with Crippen molar-refractivity contribution in [2.75, 3.05) is 12.9 Å². The molecule has 1 fully saturated rings. The van der Waals surface area contributed by atoms with Crippen LogP contribution in [0.1, 0.15) is 65.7 Å². The van der Waals surface area contributed by atoms with Crippen LogP contribution in [0.3, 0.4) is 0 Å². The molecule has 0 aromatic carbocycles. The molecule has 0 radical (unpaired) electrons. The van der Waals surface area contributed by atoms with E-state index in [1.165, 1.54) is 7.11 Å². The average molecular weight is 643 g/mol. The number of aliphatic hydroxyl groups is 2. The summed E-state index contributed by atoms with van der Waals surface area (Å²) in [5.41, 5.74) is 6.04. The lowest BCUT2D eigenvalue weighted by molar-refractivity contribution is -0.153. The summed E-state index contributed by atoms with van der Waals surface area (Å²) in [6.45, 7) is 4.95. The molecule has 0 aromatic rings. The number of esters is 1. The van der Waals surface area contributed by atoms with Gasteiger partial charge in [-0.1, -0.05) is 32.1 Å². The van der Waals surface area contributed by atoms with Gasteiger partial charge in [-0.2, -0.15) is 0 Å². The molecule has 2 amide bonds. The van der Waals surface area contributed by atoms with Gasteiger partial charge in [-0.05, 0) is 37.7 Å². The normalized spacial score (nSPS) is 29.7. The van der Waals surface area contributed by atoms with Gasteiger partial charge in [-0.15, -0.1) is 0 Å². The number of amides is 2. The van der Waals surface area contributed by atoms with Crippen molar-refractivity contribution in [1.82, 2.24) is 5.32 Å². The molecule has 9 atom stereocenters. The number of carboxylic acid groups (broad SMARTS) is 1. The lowest BCUT2D eigenvalue weighted by Crippen LogP contribution is -2.42. The van der Waals surface area contributed by atoms with Gasteiger partial charge in [0.2, 0.25) is 11.8 Å². The van der Waals surface area contributed by atoms with Gasteiger partial charge in [-0.25, -0.2) is 0 Å². The molecule has 2 aliphatic rings. The lowest BCUT2D eigenvalue weighted by atomic mass is 9.86. The van der Waals surface area contributed by atoms with Crippen LogP contribution in [0.15, 0.2) is 23.8 Å². The highest BCUT2D eigenvalue weighted by molar-refractivity contribution is 7.85. The van der Waals surface area contributed by atoms with Crippen LogP contribution in [0.2, 0.25) is 0 Å². The molecule has 9 unspecified atom stereocenters. The largest absolute Gasteiger partial charge is 0.480 e. The second kappa shape index (κ2) is 17.6. The number of aliphatic carboxylic acids is 1. The van der Waals surface area contributed by atoms with Crippen molar-refractivity contribution >= 4 is 40.3 Å². The van der Waals surface area contributed by atoms with Gasteiger partial charge in [-0.3, -0.25) is 33.5 Å². The Labute approximate surface area is 260 Å². The van der Waals surface area contributed by atoms with Crippen LogP contribution in [-0.2, 0) is 44.2 Å². The predicted octanol–water partition coefficient (Wildman–Crippen LogP) is 0.525. The van der Waals surface area contributed by atoms with Crippen LogP contribution < -0.4 is 11.1 Å². The molecule has 44 heavy (non-hydrogen) atoms. The third-order valence-corrected chi connectivity index (χ3v) is 9.86. The number of hydrogen-bond acceptors (Lipinski definition) is 11. The Bertz CT molecular complexity index is 1120. The molecule has 0 aliphatic carbocycles. The zero-order valence-electron chi connectivity index (χ0n) is 25.7. The minimum absolute atomic E-state index is 0.0945. The Kier molecular flexibility index (Phi) is 15.0. The summed E-state index contributed by atoms with van der Waals surface area (Å²) in [6, 6.07) is -1.35. The number of nitrogens with one attached hydrogen (secondary N) is 1. The predicted molar refractivity (Wildman–Crippen MR) is 160 cm³/mol. The fourth-order valence-electron chi connectivity index (χ4n) is 5.51. The van der Waals surface area contributed by atoms with Crippen molar-refractivity contribution in [3.8, 4) is 0 Å². The molecule has 2 rings (SSSR count). The number of nitrogens with two attached hydrogens (primary N) is 1. The van der Waals surface area contributed by atoms with Crippen molar-refractivity contribution in [2.45, 2.75) is 101 Å². The van der Waals surface area contributed by atoms with Gasteiger partial charge in [0.15, 0.2) is 0 Å². The zero-order valence-corrected chi connectivity index (χ0v) is 26.5.